The highest BCUT2D eigenvalue weighted by molar-refractivity contribution is 9.10. The third-order valence-corrected chi connectivity index (χ3v) is 4.96. The lowest BCUT2D eigenvalue weighted by atomic mass is 10.2. The fourth-order valence-electron chi connectivity index (χ4n) is 2.19. The zero-order valence-electron chi connectivity index (χ0n) is 13.8. The summed E-state index contributed by atoms with van der Waals surface area (Å²) in [4.78, 5) is 4.11. The number of benzene rings is 1. The Bertz CT molecular complexity index is 830. The van der Waals surface area contributed by atoms with E-state index in [-0.39, 0.29) is 0 Å². The van der Waals surface area contributed by atoms with E-state index in [4.69, 9.17) is 0 Å². The summed E-state index contributed by atoms with van der Waals surface area (Å²) < 4.78 is 2.91. The maximum Gasteiger partial charge on any atom is 0.212 e. The van der Waals surface area contributed by atoms with Crippen molar-refractivity contribution >= 4 is 33.9 Å². The van der Waals surface area contributed by atoms with Gasteiger partial charge in [-0.3, -0.25) is 4.98 Å². The third-order valence-electron chi connectivity index (χ3n) is 3.44. The Balaban J connectivity index is 1.78. The van der Waals surface area contributed by atoms with Crippen molar-refractivity contribution in [3.05, 3.63) is 70.2 Å². The highest BCUT2D eigenvalue weighted by Gasteiger charge is 2.11. The smallest absolute Gasteiger partial charge is 0.212 e. The molecule has 25 heavy (non-hydrogen) atoms. The van der Waals surface area contributed by atoms with Crippen molar-refractivity contribution in [1.29, 1.82) is 0 Å². The third kappa shape index (κ3) is 4.99. The molecule has 0 radical (unpaired) electrons. The Kier molecular flexibility index (Phi) is 6.36. The van der Waals surface area contributed by atoms with E-state index in [1.807, 2.05) is 28.9 Å². The van der Waals surface area contributed by atoms with E-state index in [1.165, 1.54) is 5.56 Å². The summed E-state index contributed by atoms with van der Waals surface area (Å²) in [5.41, 5.74) is 2.18. The number of nitrogens with zero attached hydrogens (tertiary/aromatic N) is 5. The minimum Gasteiger partial charge on any atom is -0.264 e. The topological polar surface area (TPSA) is 56.0 Å². The number of aromatic nitrogens is 4. The molecular weight excluding hydrogens is 398 g/mol. The molecule has 128 valence electrons. The fourth-order valence-corrected chi connectivity index (χ4v) is 3.31. The fraction of sp³-hybridized carbons (Fsp3) is 0.222. The van der Waals surface area contributed by atoms with Crippen LogP contribution in [0.15, 0.2) is 63.5 Å². The first-order chi connectivity index (χ1) is 12.3. The number of rotatable bonds is 7. The highest BCUT2D eigenvalue weighted by atomic mass is 79.9. The molecule has 7 heteroatoms. The number of thioether (sulfide) groups is 1. The van der Waals surface area contributed by atoms with Crippen molar-refractivity contribution in [3.8, 4) is 0 Å². The number of aryl methyl sites for hydroxylation is 1. The van der Waals surface area contributed by atoms with Crippen LogP contribution in [0.25, 0.3) is 0 Å². The molecule has 0 spiro atoms. The summed E-state index contributed by atoms with van der Waals surface area (Å²) in [5, 5.41) is 14.0. The quantitative estimate of drug-likeness (QED) is 0.419. The van der Waals surface area contributed by atoms with Gasteiger partial charge in [0.1, 0.15) is 0 Å². The van der Waals surface area contributed by atoms with Gasteiger partial charge >= 0.3 is 0 Å². The standard InChI is InChI=1S/C18H18BrN5S/c1-2-4-17-22-23-18(25-13-14-6-8-16(19)9-7-14)24(17)21-12-15-5-3-10-20-11-15/h3,5-12H,2,4,13H2,1H3/b21-12+. The molecule has 3 aromatic rings. The molecule has 5 nitrogen and oxygen atoms in total. The lowest BCUT2D eigenvalue weighted by Gasteiger charge is -2.04. The van der Waals surface area contributed by atoms with Crippen LogP contribution in [0.5, 0.6) is 0 Å². The normalized spacial score (nSPS) is 11.3. The van der Waals surface area contributed by atoms with Gasteiger partial charge in [0, 0.05) is 34.6 Å². The maximum atomic E-state index is 4.58. The molecular formula is C18H18BrN5S. The van der Waals surface area contributed by atoms with Crippen molar-refractivity contribution in [3.63, 3.8) is 0 Å². The average molecular weight is 416 g/mol. The van der Waals surface area contributed by atoms with Gasteiger partial charge in [-0.05, 0) is 30.2 Å². The van der Waals surface area contributed by atoms with E-state index in [0.29, 0.717) is 0 Å². The molecule has 0 aliphatic rings. The first-order valence-corrected chi connectivity index (χ1v) is 9.80. The molecule has 0 saturated carbocycles. The van der Waals surface area contributed by atoms with E-state index < -0.39 is 0 Å². The molecule has 0 aliphatic heterocycles. The van der Waals surface area contributed by atoms with Crippen molar-refractivity contribution in [1.82, 2.24) is 19.9 Å². The first kappa shape index (κ1) is 17.8. The van der Waals surface area contributed by atoms with E-state index >= 15 is 0 Å². The Labute approximate surface area is 159 Å². The Hall–Kier alpha value is -1.99. The van der Waals surface area contributed by atoms with Crippen molar-refractivity contribution in [2.24, 2.45) is 5.10 Å². The van der Waals surface area contributed by atoms with Crippen LogP contribution in [0.2, 0.25) is 0 Å². The molecule has 3 rings (SSSR count). The number of hydrogen-bond acceptors (Lipinski definition) is 5. The van der Waals surface area contributed by atoms with Gasteiger partial charge in [-0.1, -0.05) is 52.8 Å². The number of pyridine rings is 1. The average Bonchev–Trinajstić information content (AvgIpc) is 3.02. The first-order valence-electron chi connectivity index (χ1n) is 8.02. The molecule has 0 N–H and O–H groups in total. The van der Waals surface area contributed by atoms with Gasteiger partial charge in [-0.15, -0.1) is 10.2 Å². The van der Waals surface area contributed by atoms with Crippen molar-refractivity contribution in [2.45, 2.75) is 30.7 Å². The maximum absolute atomic E-state index is 4.58. The Morgan fingerprint density at radius 1 is 1.20 bits per heavy atom. The summed E-state index contributed by atoms with van der Waals surface area (Å²) in [7, 11) is 0. The van der Waals surface area contributed by atoms with Crippen molar-refractivity contribution in [2.75, 3.05) is 0 Å². The Morgan fingerprint density at radius 3 is 2.76 bits per heavy atom. The second-order valence-electron chi connectivity index (χ2n) is 5.41. The zero-order valence-corrected chi connectivity index (χ0v) is 16.2. The molecule has 0 unspecified atom stereocenters. The molecule has 2 heterocycles. The predicted octanol–water partition coefficient (Wildman–Crippen LogP) is 4.56. The van der Waals surface area contributed by atoms with Gasteiger partial charge in [0.2, 0.25) is 5.16 Å². The van der Waals surface area contributed by atoms with Crippen molar-refractivity contribution < 1.29 is 0 Å². The van der Waals surface area contributed by atoms with Crippen LogP contribution in [0.3, 0.4) is 0 Å². The lowest BCUT2D eigenvalue weighted by Crippen LogP contribution is -2.00. The second kappa shape index (κ2) is 8.92. The van der Waals surface area contributed by atoms with Crippen LogP contribution in [-0.4, -0.2) is 26.1 Å². The minimum atomic E-state index is 0.798. The number of halogens is 1. The van der Waals surface area contributed by atoms with E-state index in [0.717, 1.165) is 39.6 Å². The molecule has 1 aromatic carbocycles. The van der Waals surface area contributed by atoms with Gasteiger partial charge in [0.25, 0.3) is 0 Å². The summed E-state index contributed by atoms with van der Waals surface area (Å²) in [6.45, 7) is 2.12. The second-order valence-corrected chi connectivity index (χ2v) is 7.26. The van der Waals surface area contributed by atoms with Crippen LogP contribution >= 0.6 is 27.7 Å². The van der Waals surface area contributed by atoms with Crippen LogP contribution in [0.1, 0.15) is 30.3 Å². The molecule has 0 aliphatic carbocycles. The van der Waals surface area contributed by atoms with Crippen LogP contribution in [0.4, 0.5) is 0 Å². The van der Waals surface area contributed by atoms with Gasteiger partial charge in [0.15, 0.2) is 5.82 Å². The number of hydrogen-bond donors (Lipinski definition) is 0. The van der Waals surface area contributed by atoms with Gasteiger partial charge < -0.3 is 0 Å². The van der Waals surface area contributed by atoms with Gasteiger partial charge in [-0.2, -0.15) is 9.78 Å². The highest BCUT2D eigenvalue weighted by Crippen LogP contribution is 2.23. The monoisotopic (exact) mass is 415 g/mol. The molecule has 0 atom stereocenters. The largest absolute Gasteiger partial charge is 0.264 e. The summed E-state index contributed by atoms with van der Waals surface area (Å²) >= 11 is 5.09. The minimum absolute atomic E-state index is 0.798. The summed E-state index contributed by atoms with van der Waals surface area (Å²) in [5.74, 6) is 1.70. The van der Waals surface area contributed by atoms with E-state index in [2.05, 4.69) is 55.3 Å². The Morgan fingerprint density at radius 2 is 2.04 bits per heavy atom. The SMILES string of the molecule is CCCc1nnc(SCc2ccc(Br)cc2)n1/N=C/c1cccnc1. The summed E-state index contributed by atoms with van der Waals surface area (Å²) in [6, 6.07) is 12.2. The molecule has 0 saturated heterocycles. The van der Waals surface area contributed by atoms with Crippen LogP contribution < -0.4 is 0 Å². The predicted molar refractivity (Wildman–Crippen MR) is 105 cm³/mol. The molecule has 0 fully saturated rings. The lowest BCUT2D eigenvalue weighted by molar-refractivity contribution is 0.700. The van der Waals surface area contributed by atoms with Crippen LogP contribution in [-0.2, 0) is 12.2 Å². The van der Waals surface area contributed by atoms with Gasteiger partial charge in [0.05, 0.1) is 6.21 Å². The molecule has 0 bridgehead atoms. The van der Waals surface area contributed by atoms with E-state index in [1.54, 1.807) is 30.4 Å². The molecule has 0 amide bonds. The van der Waals surface area contributed by atoms with Crippen LogP contribution in [0, 0.1) is 0 Å². The molecule has 2 aromatic heterocycles. The van der Waals surface area contributed by atoms with E-state index in [9.17, 15) is 0 Å². The van der Waals surface area contributed by atoms with Gasteiger partial charge in [-0.25, -0.2) is 0 Å². The zero-order chi connectivity index (χ0) is 17.5. The summed E-state index contributed by atoms with van der Waals surface area (Å²) in [6.07, 6.45) is 7.16.